The standard InChI is InChI=1S/C38H46BN3O6/c1-26-22-31(11-9-10-29-16-17-30(35(43)46-8)23-34(29)39-47-37(2,3)38(4,5)48-39)41-36(40-26)42(24-27-12-18-32(44-6)19-13-27)25-28-14-20-33(45-7)21-15-28/h12-23H,9-11,24-25H2,1-8H3. The number of aromatic nitrogens is 2. The lowest BCUT2D eigenvalue weighted by Crippen LogP contribution is -2.41. The van der Waals surface area contributed by atoms with Crippen molar-refractivity contribution in [3.8, 4) is 11.5 Å². The highest BCUT2D eigenvalue weighted by Gasteiger charge is 2.52. The monoisotopic (exact) mass is 651 g/mol. The molecule has 3 aromatic carbocycles. The smallest absolute Gasteiger partial charge is 0.495 e. The van der Waals surface area contributed by atoms with Crippen molar-refractivity contribution in [3.63, 3.8) is 0 Å². The molecule has 1 fully saturated rings. The van der Waals surface area contributed by atoms with Crippen LogP contribution in [-0.4, -0.2) is 55.6 Å². The summed E-state index contributed by atoms with van der Waals surface area (Å²) in [5.41, 5.74) is 5.50. The fourth-order valence-electron chi connectivity index (χ4n) is 5.70. The van der Waals surface area contributed by atoms with Crippen LogP contribution in [0.15, 0.2) is 72.8 Å². The molecule has 0 saturated carbocycles. The summed E-state index contributed by atoms with van der Waals surface area (Å²) in [7, 11) is 4.14. The number of carbonyl (C=O) groups excluding carboxylic acids is 1. The van der Waals surface area contributed by atoms with E-state index in [1.54, 1.807) is 20.3 Å². The maximum absolute atomic E-state index is 12.4. The Balaban J connectivity index is 1.37. The Kier molecular flexibility index (Phi) is 10.8. The highest BCUT2D eigenvalue weighted by molar-refractivity contribution is 6.62. The molecule has 1 aromatic heterocycles. The van der Waals surface area contributed by atoms with Gasteiger partial charge in [-0.2, -0.15) is 0 Å². The number of hydrogen-bond donors (Lipinski definition) is 0. The van der Waals surface area contributed by atoms with Crippen molar-refractivity contribution >= 4 is 24.5 Å². The number of esters is 1. The second kappa shape index (κ2) is 14.8. The van der Waals surface area contributed by atoms with Crippen LogP contribution in [0.1, 0.15) is 72.6 Å². The van der Waals surface area contributed by atoms with Crippen molar-refractivity contribution in [2.45, 2.75) is 78.2 Å². The molecule has 2 heterocycles. The molecular formula is C38H46BN3O6. The molecule has 1 aliphatic heterocycles. The highest BCUT2D eigenvalue weighted by atomic mass is 16.7. The lowest BCUT2D eigenvalue weighted by Gasteiger charge is -2.32. The van der Waals surface area contributed by atoms with Crippen LogP contribution in [0.5, 0.6) is 11.5 Å². The number of aryl methyl sites for hydroxylation is 3. The van der Waals surface area contributed by atoms with Crippen molar-refractivity contribution in [1.29, 1.82) is 0 Å². The summed E-state index contributed by atoms with van der Waals surface area (Å²) in [6.45, 7) is 11.4. The summed E-state index contributed by atoms with van der Waals surface area (Å²) in [6.07, 6.45) is 2.33. The van der Waals surface area contributed by atoms with Crippen molar-refractivity contribution in [1.82, 2.24) is 9.97 Å². The molecule has 4 aromatic rings. The second-order valence-electron chi connectivity index (χ2n) is 13.2. The van der Waals surface area contributed by atoms with Gasteiger partial charge in [0.15, 0.2) is 0 Å². The Morgan fingerprint density at radius 3 is 1.85 bits per heavy atom. The minimum absolute atomic E-state index is 0.392. The largest absolute Gasteiger partial charge is 0.497 e. The van der Waals surface area contributed by atoms with Gasteiger partial charge < -0.3 is 28.4 Å². The normalized spacial score (nSPS) is 14.9. The molecule has 0 N–H and O–H groups in total. The van der Waals surface area contributed by atoms with Crippen LogP contribution in [-0.2, 0) is 40.0 Å². The molecule has 0 unspecified atom stereocenters. The van der Waals surface area contributed by atoms with Crippen molar-refractivity contribution in [2.24, 2.45) is 0 Å². The zero-order valence-electron chi connectivity index (χ0n) is 29.3. The molecule has 0 atom stereocenters. The average molecular weight is 652 g/mol. The first kappa shape index (κ1) is 34.9. The van der Waals surface area contributed by atoms with E-state index >= 15 is 0 Å². The Morgan fingerprint density at radius 2 is 1.33 bits per heavy atom. The topological polar surface area (TPSA) is 92.2 Å². The van der Waals surface area contributed by atoms with Gasteiger partial charge in [-0.05, 0) is 118 Å². The Morgan fingerprint density at radius 1 is 0.771 bits per heavy atom. The highest BCUT2D eigenvalue weighted by Crippen LogP contribution is 2.37. The molecule has 0 spiro atoms. The zero-order valence-corrected chi connectivity index (χ0v) is 29.3. The number of carbonyl (C=O) groups is 1. The van der Waals surface area contributed by atoms with Gasteiger partial charge in [0.1, 0.15) is 11.5 Å². The maximum Gasteiger partial charge on any atom is 0.495 e. The third kappa shape index (κ3) is 8.17. The third-order valence-corrected chi connectivity index (χ3v) is 9.20. The molecule has 9 nitrogen and oxygen atoms in total. The Hall–Kier alpha value is -4.41. The fraction of sp³-hybridized carbons (Fsp3) is 0.395. The lowest BCUT2D eigenvalue weighted by molar-refractivity contribution is 0.00578. The number of nitrogens with zero attached hydrogens (tertiary/aromatic N) is 3. The third-order valence-electron chi connectivity index (χ3n) is 9.20. The van der Waals surface area contributed by atoms with Gasteiger partial charge in [0, 0.05) is 24.5 Å². The first-order valence-corrected chi connectivity index (χ1v) is 16.3. The first-order chi connectivity index (χ1) is 22.9. The molecule has 5 rings (SSSR count). The van der Waals surface area contributed by atoms with E-state index < -0.39 is 24.3 Å². The molecule has 252 valence electrons. The second-order valence-corrected chi connectivity index (χ2v) is 13.2. The number of hydrogen-bond acceptors (Lipinski definition) is 9. The predicted molar refractivity (Wildman–Crippen MR) is 188 cm³/mol. The molecule has 0 radical (unpaired) electrons. The van der Waals surface area contributed by atoms with Gasteiger partial charge in [-0.3, -0.25) is 0 Å². The van der Waals surface area contributed by atoms with Crippen LogP contribution in [0, 0.1) is 6.92 Å². The minimum atomic E-state index is -0.591. The lowest BCUT2D eigenvalue weighted by atomic mass is 9.74. The van der Waals surface area contributed by atoms with Crippen LogP contribution >= 0.6 is 0 Å². The number of methoxy groups -OCH3 is 3. The molecule has 10 heteroatoms. The van der Waals surface area contributed by atoms with Gasteiger partial charge in [0.25, 0.3) is 0 Å². The summed E-state index contributed by atoms with van der Waals surface area (Å²) in [5, 5.41) is 0. The van der Waals surface area contributed by atoms with Crippen LogP contribution in [0.4, 0.5) is 5.95 Å². The van der Waals surface area contributed by atoms with E-state index in [9.17, 15) is 4.79 Å². The van der Waals surface area contributed by atoms with Gasteiger partial charge in [0.2, 0.25) is 5.95 Å². The van der Waals surface area contributed by atoms with Gasteiger partial charge >= 0.3 is 13.1 Å². The summed E-state index contributed by atoms with van der Waals surface area (Å²) in [4.78, 5) is 24.6. The molecule has 0 aliphatic carbocycles. The van der Waals surface area contributed by atoms with Crippen molar-refractivity contribution in [3.05, 3.63) is 106 Å². The Bertz CT molecular complexity index is 1640. The summed E-state index contributed by atoms with van der Waals surface area (Å²) in [6, 6.07) is 23.8. The van der Waals surface area contributed by atoms with E-state index in [0.717, 1.165) is 64.3 Å². The van der Waals surface area contributed by atoms with E-state index in [-0.39, 0.29) is 0 Å². The van der Waals surface area contributed by atoms with Crippen LogP contribution in [0.2, 0.25) is 0 Å². The van der Waals surface area contributed by atoms with Gasteiger partial charge in [-0.15, -0.1) is 0 Å². The predicted octanol–water partition coefficient (Wildman–Crippen LogP) is 6.27. The quantitative estimate of drug-likeness (QED) is 0.123. The van der Waals surface area contributed by atoms with Gasteiger partial charge in [-0.25, -0.2) is 14.8 Å². The first-order valence-electron chi connectivity index (χ1n) is 16.3. The number of anilines is 1. The van der Waals surface area contributed by atoms with E-state index in [0.29, 0.717) is 24.6 Å². The van der Waals surface area contributed by atoms with Crippen LogP contribution in [0.25, 0.3) is 0 Å². The van der Waals surface area contributed by atoms with Crippen molar-refractivity contribution < 1.29 is 28.3 Å². The van der Waals surface area contributed by atoms with E-state index in [4.69, 9.17) is 33.5 Å². The van der Waals surface area contributed by atoms with Crippen LogP contribution in [0.3, 0.4) is 0 Å². The number of ether oxygens (including phenoxy) is 3. The molecule has 1 saturated heterocycles. The Labute approximate surface area is 284 Å². The van der Waals surface area contributed by atoms with E-state index in [2.05, 4.69) is 35.2 Å². The summed E-state index contributed by atoms with van der Waals surface area (Å²) in [5.74, 6) is 1.92. The molecule has 0 amide bonds. The maximum atomic E-state index is 12.4. The zero-order chi connectivity index (χ0) is 34.5. The van der Waals surface area contributed by atoms with Crippen LogP contribution < -0.4 is 19.8 Å². The van der Waals surface area contributed by atoms with Crippen molar-refractivity contribution in [2.75, 3.05) is 26.2 Å². The minimum Gasteiger partial charge on any atom is -0.497 e. The average Bonchev–Trinajstić information content (AvgIpc) is 3.30. The van der Waals surface area contributed by atoms with E-state index in [1.807, 2.05) is 71.0 Å². The number of rotatable bonds is 13. The SMILES string of the molecule is COC(=O)c1ccc(CCCc2cc(C)nc(N(Cc3ccc(OC)cc3)Cc3ccc(OC)cc3)n2)c(B2OC(C)(C)C(C)(C)O2)c1. The molecular weight excluding hydrogens is 605 g/mol. The summed E-state index contributed by atoms with van der Waals surface area (Å²) >= 11 is 0. The van der Waals surface area contributed by atoms with Gasteiger partial charge in [0.05, 0.1) is 38.1 Å². The van der Waals surface area contributed by atoms with Gasteiger partial charge in [-0.1, -0.05) is 30.3 Å². The number of benzene rings is 3. The molecule has 0 bridgehead atoms. The molecule has 48 heavy (non-hydrogen) atoms. The van der Waals surface area contributed by atoms with E-state index in [1.165, 1.54) is 7.11 Å². The summed E-state index contributed by atoms with van der Waals surface area (Å²) < 4.78 is 28.5. The molecule has 1 aliphatic rings. The fourth-order valence-corrected chi connectivity index (χ4v) is 5.70.